The van der Waals surface area contributed by atoms with Crippen LogP contribution in [-0.4, -0.2) is 51.1 Å². The van der Waals surface area contributed by atoms with Crippen LogP contribution in [0.1, 0.15) is 50.4 Å². The number of benzene rings is 1. The summed E-state index contributed by atoms with van der Waals surface area (Å²) in [4.78, 5) is 59.0. The molecule has 0 bridgehead atoms. The molecule has 3 aliphatic heterocycles. The molecule has 1 fully saturated rings. The van der Waals surface area contributed by atoms with Gasteiger partial charge >= 0.3 is 0 Å². The van der Waals surface area contributed by atoms with E-state index in [4.69, 9.17) is 0 Å². The number of piperidine rings is 1. The van der Waals surface area contributed by atoms with Crippen LogP contribution in [0.25, 0.3) is 0 Å². The van der Waals surface area contributed by atoms with Gasteiger partial charge in [-0.1, -0.05) is 6.07 Å². The minimum atomic E-state index is -0.968. The molecule has 0 radical (unpaired) electrons. The number of amides is 4. The summed E-state index contributed by atoms with van der Waals surface area (Å²) in [5.41, 5.74) is 3.40. The van der Waals surface area contributed by atoms with E-state index >= 15 is 0 Å². The van der Waals surface area contributed by atoms with Gasteiger partial charge in [-0.15, -0.1) is 0 Å². The summed E-state index contributed by atoms with van der Waals surface area (Å²) in [7, 11) is 0. The number of nitrogens with one attached hydrogen (secondary N) is 3. The highest BCUT2D eigenvalue weighted by Gasteiger charge is 2.44. The lowest BCUT2D eigenvalue weighted by molar-refractivity contribution is -0.136. The molecule has 1 saturated heterocycles. The van der Waals surface area contributed by atoms with Crippen LogP contribution in [0.3, 0.4) is 0 Å². The van der Waals surface area contributed by atoms with E-state index in [1.165, 1.54) is 0 Å². The molecule has 0 aliphatic carbocycles. The quantitative estimate of drug-likeness (QED) is 0.595. The van der Waals surface area contributed by atoms with Gasteiger partial charge in [-0.3, -0.25) is 29.4 Å². The molecule has 0 spiro atoms. The molecule has 2 aromatic rings. The first-order valence-corrected chi connectivity index (χ1v) is 10.1. The highest BCUT2D eigenvalue weighted by molar-refractivity contribution is 6.23. The zero-order valence-corrected chi connectivity index (χ0v) is 16.6. The Balaban J connectivity index is 1.32. The van der Waals surface area contributed by atoms with E-state index in [0.29, 0.717) is 19.0 Å². The number of fused-ring (bicyclic) bond motifs is 2. The molecule has 4 heterocycles. The van der Waals surface area contributed by atoms with Crippen LogP contribution in [0.4, 0.5) is 5.95 Å². The fourth-order valence-corrected chi connectivity index (χ4v) is 4.13. The van der Waals surface area contributed by atoms with Gasteiger partial charge in [-0.05, 0) is 42.6 Å². The zero-order valence-electron chi connectivity index (χ0n) is 16.6. The van der Waals surface area contributed by atoms with Crippen LogP contribution in [0.15, 0.2) is 24.4 Å². The van der Waals surface area contributed by atoms with Crippen LogP contribution in [0.5, 0.6) is 0 Å². The first kappa shape index (κ1) is 19.3. The molecule has 1 aromatic carbocycles. The monoisotopic (exact) mass is 420 g/mol. The van der Waals surface area contributed by atoms with Crippen LogP contribution in [0, 0.1) is 0 Å². The largest absolute Gasteiger partial charge is 0.350 e. The van der Waals surface area contributed by atoms with E-state index < -0.39 is 29.7 Å². The van der Waals surface area contributed by atoms with Gasteiger partial charge in [0.1, 0.15) is 6.04 Å². The number of rotatable bonds is 4. The number of imide groups is 2. The van der Waals surface area contributed by atoms with Crippen molar-refractivity contribution in [1.82, 2.24) is 25.5 Å². The molecule has 158 valence electrons. The second-order valence-electron chi connectivity index (χ2n) is 7.77. The number of hydrogen-bond donors (Lipinski definition) is 3. The Labute approximate surface area is 177 Å². The van der Waals surface area contributed by atoms with Gasteiger partial charge in [0, 0.05) is 25.7 Å². The van der Waals surface area contributed by atoms with E-state index in [1.54, 1.807) is 18.2 Å². The summed E-state index contributed by atoms with van der Waals surface area (Å²) < 4.78 is 0. The summed E-state index contributed by atoms with van der Waals surface area (Å²) in [6.07, 6.45) is 2.96. The van der Waals surface area contributed by atoms with Gasteiger partial charge < -0.3 is 10.6 Å². The number of hydrogen-bond acceptors (Lipinski definition) is 8. The van der Waals surface area contributed by atoms with Gasteiger partial charge in [0.2, 0.25) is 17.8 Å². The maximum absolute atomic E-state index is 12.9. The van der Waals surface area contributed by atoms with Crippen LogP contribution >= 0.6 is 0 Å². The molecule has 0 saturated carbocycles. The van der Waals surface area contributed by atoms with E-state index in [2.05, 4.69) is 25.9 Å². The number of nitrogens with zero attached hydrogens (tertiary/aromatic N) is 3. The number of anilines is 1. The highest BCUT2D eigenvalue weighted by Crippen LogP contribution is 2.28. The topological polar surface area (TPSA) is 133 Å². The van der Waals surface area contributed by atoms with Gasteiger partial charge in [0.15, 0.2) is 0 Å². The Bertz CT molecular complexity index is 1130. The summed E-state index contributed by atoms with van der Waals surface area (Å²) in [6, 6.07) is 4.03. The van der Waals surface area contributed by atoms with Crippen LogP contribution in [-0.2, 0) is 29.1 Å². The maximum Gasteiger partial charge on any atom is 0.262 e. The molecular formula is C21H20N6O4. The zero-order chi connectivity index (χ0) is 21.5. The molecule has 1 unspecified atom stereocenters. The van der Waals surface area contributed by atoms with Crippen LogP contribution < -0.4 is 16.0 Å². The Hall–Kier alpha value is -3.66. The summed E-state index contributed by atoms with van der Waals surface area (Å²) in [6.45, 7) is 2.00. The smallest absolute Gasteiger partial charge is 0.262 e. The van der Waals surface area contributed by atoms with Crippen molar-refractivity contribution >= 4 is 29.6 Å². The second-order valence-corrected chi connectivity index (χ2v) is 7.77. The van der Waals surface area contributed by atoms with Crippen molar-refractivity contribution in [3.8, 4) is 0 Å². The fraction of sp³-hybridized carbons (Fsp3) is 0.333. The van der Waals surface area contributed by atoms with Crippen LogP contribution in [0.2, 0.25) is 0 Å². The second kappa shape index (κ2) is 7.55. The van der Waals surface area contributed by atoms with Crippen molar-refractivity contribution in [3.05, 3.63) is 52.3 Å². The number of carbonyl (C=O) groups excluding carboxylic acids is 4. The van der Waals surface area contributed by atoms with Gasteiger partial charge in [-0.25, -0.2) is 9.97 Å². The number of carbonyl (C=O) groups is 4. The number of aromatic nitrogens is 2. The minimum Gasteiger partial charge on any atom is -0.350 e. The van der Waals surface area contributed by atoms with Crippen molar-refractivity contribution in [2.75, 3.05) is 11.9 Å². The minimum absolute atomic E-state index is 0.0925. The normalized spacial score (nSPS) is 20.4. The molecule has 3 N–H and O–H groups in total. The van der Waals surface area contributed by atoms with Gasteiger partial charge in [0.05, 0.1) is 16.8 Å². The lowest BCUT2D eigenvalue weighted by Gasteiger charge is -2.27. The average Bonchev–Trinajstić information content (AvgIpc) is 3.02. The SMILES string of the molecule is O=C1CCC(N2C(=O)c3ccc(CNc4ncc5c(n4)CNCC5)cc3C2=O)C(=O)N1. The van der Waals surface area contributed by atoms with Crippen molar-refractivity contribution in [2.45, 2.75) is 38.4 Å². The maximum atomic E-state index is 12.9. The summed E-state index contributed by atoms with van der Waals surface area (Å²) in [5, 5.41) is 8.62. The van der Waals surface area contributed by atoms with E-state index in [9.17, 15) is 19.2 Å². The van der Waals surface area contributed by atoms with Gasteiger partial charge in [-0.2, -0.15) is 0 Å². The van der Waals surface area contributed by atoms with Gasteiger partial charge in [0.25, 0.3) is 11.8 Å². The lowest BCUT2D eigenvalue weighted by Crippen LogP contribution is -2.54. The van der Waals surface area contributed by atoms with E-state index in [-0.39, 0.29) is 24.0 Å². The molecular weight excluding hydrogens is 400 g/mol. The first-order chi connectivity index (χ1) is 15.0. The molecule has 1 aromatic heterocycles. The Morgan fingerprint density at radius 1 is 1.10 bits per heavy atom. The molecule has 1 atom stereocenters. The first-order valence-electron chi connectivity index (χ1n) is 10.1. The molecule has 4 amide bonds. The Morgan fingerprint density at radius 3 is 2.77 bits per heavy atom. The average molecular weight is 420 g/mol. The van der Waals surface area contributed by atoms with Crippen molar-refractivity contribution in [2.24, 2.45) is 0 Å². The molecule has 31 heavy (non-hydrogen) atoms. The third-order valence-corrected chi connectivity index (χ3v) is 5.77. The summed E-state index contributed by atoms with van der Waals surface area (Å²) >= 11 is 0. The third-order valence-electron chi connectivity index (χ3n) is 5.77. The van der Waals surface area contributed by atoms with Crippen molar-refractivity contribution in [1.29, 1.82) is 0 Å². The van der Waals surface area contributed by atoms with E-state index in [0.717, 1.165) is 34.7 Å². The summed E-state index contributed by atoms with van der Waals surface area (Å²) in [5.74, 6) is -1.56. The highest BCUT2D eigenvalue weighted by atomic mass is 16.2. The molecule has 5 rings (SSSR count). The Kier molecular flexibility index (Phi) is 4.70. The molecule has 10 nitrogen and oxygen atoms in total. The fourth-order valence-electron chi connectivity index (χ4n) is 4.13. The van der Waals surface area contributed by atoms with E-state index in [1.807, 2.05) is 6.20 Å². The standard InChI is InChI=1S/C21H20N6O4/c28-17-4-3-16(18(29)26-17)27-19(30)13-2-1-11(7-14(13)20(27)31)8-23-21-24-9-12-5-6-22-10-15(12)25-21/h1-2,7,9,16,22H,3-6,8,10H2,(H,23,24,25)(H,26,28,29). The third kappa shape index (κ3) is 3.44. The lowest BCUT2D eigenvalue weighted by atomic mass is 10.0. The molecule has 3 aliphatic rings. The predicted octanol–water partition coefficient (Wildman–Crippen LogP) is 0.136. The van der Waals surface area contributed by atoms with Crippen molar-refractivity contribution in [3.63, 3.8) is 0 Å². The Morgan fingerprint density at radius 2 is 1.94 bits per heavy atom. The van der Waals surface area contributed by atoms with Crippen molar-refractivity contribution < 1.29 is 19.2 Å². The molecule has 10 heteroatoms. The predicted molar refractivity (Wildman–Crippen MR) is 108 cm³/mol.